The van der Waals surface area contributed by atoms with Gasteiger partial charge < -0.3 is 58.4 Å². The van der Waals surface area contributed by atoms with Gasteiger partial charge in [0.25, 0.3) is 0 Å². The number of carbonyl (C=O) groups excluding carboxylic acids is 6. The molecule has 71 heavy (non-hydrogen) atoms. The lowest BCUT2D eigenvalue weighted by Gasteiger charge is -2.30. The van der Waals surface area contributed by atoms with Crippen molar-refractivity contribution < 1.29 is 38.7 Å². The second-order valence-corrected chi connectivity index (χ2v) is 19.4. The number of aliphatic carboxylic acids is 1. The van der Waals surface area contributed by atoms with Crippen molar-refractivity contribution in [3.63, 3.8) is 0 Å². The summed E-state index contributed by atoms with van der Waals surface area (Å²) < 4.78 is 0. The van der Waals surface area contributed by atoms with Crippen molar-refractivity contribution >= 4 is 63.2 Å². The molecule has 0 fully saturated rings. The van der Waals surface area contributed by atoms with Crippen LogP contribution in [0.15, 0.2) is 91.3 Å². The van der Waals surface area contributed by atoms with Gasteiger partial charge in [-0.15, -0.1) is 0 Å². The molecule has 5 rings (SSSR count). The van der Waals surface area contributed by atoms with Crippen molar-refractivity contribution in [2.24, 2.45) is 29.2 Å². The third-order valence-electron chi connectivity index (χ3n) is 12.5. The third-order valence-corrected chi connectivity index (χ3v) is 12.5. The van der Waals surface area contributed by atoms with Gasteiger partial charge in [0.1, 0.15) is 36.3 Å². The Morgan fingerprint density at radius 2 is 0.972 bits per heavy atom. The first-order chi connectivity index (χ1) is 33.9. The van der Waals surface area contributed by atoms with E-state index in [1.54, 1.807) is 40.1 Å². The zero-order chi connectivity index (χ0) is 51.8. The minimum Gasteiger partial charge on any atom is -0.480 e. The Kier molecular flexibility index (Phi) is 20.3. The topological polar surface area (TPSA) is 296 Å². The van der Waals surface area contributed by atoms with Crippen LogP contribution in [0, 0.1) is 17.8 Å². The molecule has 6 amide bonds. The van der Waals surface area contributed by atoms with Gasteiger partial charge in [0.2, 0.25) is 35.4 Å². The number of hydrogen-bond donors (Lipinski definition) is 11. The first-order valence-corrected chi connectivity index (χ1v) is 24.5. The molecule has 18 nitrogen and oxygen atoms in total. The molecule has 2 heterocycles. The fourth-order valence-corrected chi connectivity index (χ4v) is 8.53. The van der Waals surface area contributed by atoms with E-state index in [0.717, 1.165) is 32.9 Å². The van der Waals surface area contributed by atoms with Crippen LogP contribution < -0.4 is 43.4 Å². The Labute approximate surface area is 415 Å². The fourth-order valence-electron chi connectivity index (χ4n) is 8.53. The van der Waals surface area contributed by atoms with Crippen molar-refractivity contribution in [2.45, 2.75) is 129 Å². The molecule has 0 spiro atoms. The number of carbonyl (C=O) groups is 7. The molecule has 7 atom stereocenters. The Hall–Kier alpha value is -7.05. The molecule has 382 valence electrons. The smallest absolute Gasteiger partial charge is 0.326 e. The maximum absolute atomic E-state index is 14.7. The van der Waals surface area contributed by atoms with E-state index in [0.29, 0.717) is 24.9 Å². The molecule has 0 aliphatic rings. The monoisotopic (exact) mass is 977 g/mol. The zero-order valence-corrected chi connectivity index (χ0v) is 41.6. The van der Waals surface area contributed by atoms with Crippen LogP contribution in [0.4, 0.5) is 0 Å². The van der Waals surface area contributed by atoms with E-state index in [-0.39, 0.29) is 38.0 Å². The van der Waals surface area contributed by atoms with Gasteiger partial charge in [-0.1, -0.05) is 108 Å². The summed E-state index contributed by atoms with van der Waals surface area (Å²) in [4.78, 5) is 103. The third kappa shape index (κ3) is 15.7. The molecule has 13 N–H and O–H groups in total. The summed E-state index contributed by atoms with van der Waals surface area (Å²) in [6, 6.07) is 16.1. The van der Waals surface area contributed by atoms with Gasteiger partial charge in [-0.05, 0) is 85.2 Å². The molecule has 0 saturated heterocycles. The second-order valence-electron chi connectivity index (χ2n) is 19.4. The predicted octanol–water partition coefficient (Wildman–Crippen LogP) is 3.48. The highest BCUT2D eigenvalue weighted by atomic mass is 16.4. The van der Waals surface area contributed by atoms with Crippen LogP contribution >= 0.6 is 0 Å². The molecule has 2 aromatic heterocycles. The number of nitrogens with two attached hydrogens (primary N) is 2. The van der Waals surface area contributed by atoms with Crippen LogP contribution in [0.2, 0.25) is 0 Å². The summed E-state index contributed by atoms with van der Waals surface area (Å²) in [7, 11) is 0. The van der Waals surface area contributed by atoms with E-state index < -0.39 is 95.5 Å². The lowest BCUT2D eigenvalue weighted by molar-refractivity contribution is -0.143. The summed E-state index contributed by atoms with van der Waals surface area (Å²) >= 11 is 0. The molecule has 0 saturated carbocycles. The van der Waals surface area contributed by atoms with Crippen molar-refractivity contribution in [2.75, 3.05) is 6.54 Å². The number of rotatable bonds is 27. The van der Waals surface area contributed by atoms with E-state index in [1.807, 2.05) is 92.7 Å². The number of H-pyrrole nitrogens is 2. The van der Waals surface area contributed by atoms with Gasteiger partial charge in [-0.3, -0.25) is 28.8 Å². The highest BCUT2D eigenvalue weighted by Gasteiger charge is 2.36. The Bertz CT molecular complexity index is 2590. The first kappa shape index (κ1) is 54.9. The Morgan fingerprint density at radius 1 is 0.521 bits per heavy atom. The van der Waals surface area contributed by atoms with Gasteiger partial charge in [0, 0.05) is 47.0 Å². The number of para-hydroxylation sites is 2. The Morgan fingerprint density at radius 3 is 1.52 bits per heavy atom. The number of carboxylic acids is 1. The van der Waals surface area contributed by atoms with Gasteiger partial charge in [-0.2, -0.15) is 0 Å². The quantitative estimate of drug-likeness (QED) is 0.0341. The van der Waals surface area contributed by atoms with Crippen LogP contribution in [0.1, 0.15) is 83.9 Å². The zero-order valence-electron chi connectivity index (χ0n) is 41.6. The van der Waals surface area contributed by atoms with Crippen molar-refractivity contribution in [3.05, 3.63) is 108 Å². The fraction of sp³-hybridized carbons (Fsp3) is 0.453. The first-order valence-electron chi connectivity index (χ1n) is 24.5. The molecular formula is C53H72N10O8. The van der Waals surface area contributed by atoms with Gasteiger partial charge in [0.05, 0.1) is 6.04 Å². The van der Waals surface area contributed by atoms with Crippen LogP contribution in [0.25, 0.3) is 21.8 Å². The highest BCUT2D eigenvalue weighted by molar-refractivity contribution is 5.98. The van der Waals surface area contributed by atoms with Crippen LogP contribution in [0.3, 0.4) is 0 Å². The van der Waals surface area contributed by atoms with Gasteiger partial charge in [-0.25, -0.2) is 4.79 Å². The van der Waals surface area contributed by atoms with Crippen molar-refractivity contribution in [1.82, 2.24) is 41.9 Å². The number of aromatic amines is 2. The number of nitrogens with one attached hydrogen (secondary N) is 8. The van der Waals surface area contributed by atoms with Crippen molar-refractivity contribution in [1.29, 1.82) is 0 Å². The minimum atomic E-state index is -1.27. The highest BCUT2D eigenvalue weighted by Crippen LogP contribution is 2.21. The maximum atomic E-state index is 14.7. The predicted molar refractivity (Wildman–Crippen MR) is 273 cm³/mol. The van der Waals surface area contributed by atoms with Crippen LogP contribution in [-0.2, 0) is 52.8 Å². The van der Waals surface area contributed by atoms with Gasteiger partial charge >= 0.3 is 5.97 Å². The lowest BCUT2D eigenvalue weighted by Crippen LogP contribution is -2.61. The van der Waals surface area contributed by atoms with E-state index in [4.69, 9.17) is 11.5 Å². The molecule has 0 bridgehead atoms. The average Bonchev–Trinajstić information content (AvgIpc) is 3.94. The summed E-state index contributed by atoms with van der Waals surface area (Å²) in [6.07, 6.45) is 5.17. The molecule has 5 aromatic rings. The molecule has 18 heteroatoms. The van der Waals surface area contributed by atoms with Crippen LogP contribution in [-0.4, -0.2) is 105 Å². The summed E-state index contributed by atoms with van der Waals surface area (Å²) in [6.45, 7) is 10.9. The maximum Gasteiger partial charge on any atom is 0.326 e. The summed E-state index contributed by atoms with van der Waals surface area (Å²) in [5.41, 5.74) is 16.2. The lowest BCUT2D eigenvalue weighted by atomic mass is 9.97. The number of benzene rings is 3. The molecule has 0 radical (unpaired) electrons. The molecular weight excluding hydrogens is 905 g/mol. The van der Waals surface area contributed by atoms with Gasteiger partial charge in [0.15, 0.2) is 0 Å². The van der Waals surface area contributed by atoms with Crippen LogP contribution in [0.5, 0.6) is 0 Å². The largest absolute Gasteiger partial charge is 0.480 e. The van der Waals surface area contributed by atoms with E-state index in [1.165, 1.54) is 0 Å². The number of carboxylic acid groups (broad SMARTS) is 1. The molecule has 0 unspecified atom stereocenters. The summed E-state index contributed by atoms with van der Waals surface area (Å²) in [5.74, 6) is -6.22. The summed E-state index contributed by atoms with van der Waals surface area (Å²) in [5, 5.41) is 28.2. The van der Waals surface area contributed by atoms with E-state index in [2.05, 4.69) is 41.9 Å². The molecule has 0 aliphatic carbocycles. The molecule has 0 aliphatic heterocycles. The average molecular weight is 977 g/mol. The van der Waals surface area contributed by atoms with E-state index >= 15 is 0 Å². The minimum absolute atomic E-state index is 0.00929. The number of amides is 6. The standard InChI is InChI=1S/C53H72N10O8/c1-30(2)24-44(53(70)71)61-48(65)41(22-14-15-23-54)58-51(68)45(31(3)4)63-52(69)46(32(5)6)62-50(67)43(27-35-29-57-40-21-13-11-19-37(35)40)60-49(66)42(25-33-16-8-7-9-17-33)59-47(64)38(55)26-34-28-56-39-20-12-10-18-36(34)39/h7-13,16-21,28-32,38,41-46,56-57H,14-15,22-27,54-55H2,1-6H3,(H,58,68)(H,59,64)(H,60,66)(H,61,65)(H,62,67)(H,63,69)(H,70,71)/t38-,41-,42-,43-,44-,45-,46-/m1/s1. The Balaban J connectivity index is 1.37. The number of fused-ring (bicyclic) bond motifs is 2. The normalized spacial score (nSPS) is 14.5. The number of unbranched alkanes of at least 4 members (excludes halogenated alkanes) is 1. The molecule has 3 aromatic carbocycles. The second kappa shape index (κ2) is 26.2. The van der Waals surface area contributed by atoms with Crippen molar-refractivity contribution in [3.8, 4) is 0 Å². The number of aromatic nitrogens is 2. The number of hydrogen-bond acceptors (Lipinski definition) is 9. The van der Waals surface area contributed by atoms with E-state index in [9.17, 15) is 38.7 Å². The SMILES string of the molecule is CC(C)C[C@@H](NC(=O)[C@@H](CCCCN)NC(=O)[C@H](NC(=O)[C@H](NC(=O)[C@@H](Cc1c[nH]c2ccccc12)NC(=O)[C@@H](Cc1ccccc1)NC(=O)[C@H](N)Cc1c[nH]c2ccccc12)C(C)C)C(C)C)C(=O)O.